The van der Waals surface area contributed by atoms with Gasteiger partial charge in [0.05, 0.1) is 0 Å². The molecule has 0 unspecified atom stereocenters. The summed E-state index contributed by atoms with van der Waals surface area (Å²) in [6.45, 7) is 0. The standard InChI is InChI=1S/C3H7NO2.H2O/c1-4(2)3(5)6;/h1-2H3,(H,5,6);1H2. The van der Waals surface area contributed by atoms with Crippen molar-refractivity contribution in [2.45, 2.75) is 0 Å². The Labute approximate surface area is 41.7 Å². The Kier molecular flexibility index (Phi) is 4.65. The highest BCUT2D eigenvalue weighted by atomic mass is 16.4. The van der Waals surface area contributed by atoms with Gasteiger partial charge in [-0.3, -0.25) is 0 Å². The topological polar surface area (TPSA) is 72.0 Å². The lowest BCUT2D eigenvalue weighted by Gasteiger charge is -1.99. The van der Waals surface area contributed by atoms with Crippen LogP contribution in [0, 0.1) is 0 Å². The van der Waals surface area contributed by atoms with Crippen molar-refractivity contribution in [1.82, 2.24) is 4.90 Å². The molecule has 0 spiro atoms. The number of amides is 1. The number of nitrogens with zero attached hydrogens (tertiary/aromatic N) is 1. The number of rotatable bonds is 0. The lowest BCUT2D eigenvalue weighted by atomic mass is 10.9. The summed E-state index contributed by atoms with van der Waals surface area (Å²) in [5, 5.41) is 7.92. The van der Waals surface area contributed by atoms with Gasteiger partial charge in [-0.05, 0) is 0 Å². The van der Waals surface area contributed by atoms with Crippen LogP contribution in [0.2, 0.25) is 0 Å². The summed E-state index contributed by atoms with van der Waals surface area (Å²) >= 11 is 0. The van der Waals surface area contributed by atoms with Crippen molar-refractivity contribution in [2.24, 2.45) is 0 Å². The molecule has 0 heterocycles. The molecule has 3 N–H and O–H groups in total. The predicted molar refractivity (Wildman–Crippen MR) is 25.3 cm³/mol. The van der Waals surface area contributed by atoms with Crippen LogP contribution in [0.4, 0.5) is 4.79 Å². The largest absolute Gasteiger partial charge is 0.465 e. The van der Waals surface area contributed by atoms with Gasteiger partial charge in [-0.15, -0.1) is 0 Å². The van der Waals surface area contributed by atoms with E-state index in [0.717, 1.165) is 4.90 Å². The van der Waals surface area contributed by atoms with Gasteiger partial charge < -0.3 is 15.5 Å². The molecule has 4 nitrogen and oxygen atoms in total. The molecule has 0 aliphatic rings. The van der Waals surface area contributed by atoms with Crippen LogP contribution in [0.15, 0.2) is 0 Å². The molecule has 0 fully saturated rings. The maximum absolute atomic E-state index is 9.62. The summed E-state index contributed by atoms with van der Waals surface area (Å²) in [6, 6.07) is 0. The molecule has 0 rings (SSSR count). The van der Waals surface area contributed by atoms with E-state index in [1.807, 2.05) is 0 Å². The second-order valence-corrected chi connectivity index (χ2v) is 1.18. The Bertz CT molecular complexity index is 61.2. The molecule has 0 saturated heterocycles. The van der Waals surface area contributed by atoms with Gasteiger partial charge in [0.1, 0.15) is 0 Å². The van der Waals surface area contributed by atoms with Crippen LogP contribution in [0.5, 0.6) is 0 Å². The Morgan fingerprint density at radius 3 is 1.71 bits per heavy atom. The Hall–Kier alpha value is -0.770. The molecule has 0 aromatic rings. The predicted octanol–water partition coefficient (Wildman–Crippen LogP) is -0.599. The summed E-state index contributed by atoms with van der Waals surface area (Å²) in [6.07, 6.45) is -0.907. The lowest BCUT2D eigenvalue weighted by molar-refractivity contribution is 0.165. The van der Waals surface area contributed by atoms with Gasteiger partial charge in [-0.25, -0.2) is 4.79 Å². The average molecular weight is 107 g/mol. The Morgan fingerprint density at radius 2 is 1.71 bits per heavy atom. The van der Waals surface area contributed by atoms with Crippen molar-refractivity contribution in [2.75, 3.05) is 14.1 Å². The average Bonchev–Trinajstić information content (AvgIpc) is 1.36. The molecule has 0 aliphatic heterocycles. The van der Waals surface area contributed by atoms with Crippen LogP contribution in [0.3, 0.4) is 0 Å². The summed E-state index contributed by atoms with van der Waals surface area (Å²) in [5.74, 6) is 0. The molecule has 0 atom stereocenters. The zero-order chi connectivity index (χ0) is 5.15. The zero-order valence-corrected chi connectivity index (χ0v) is 4.30. The van der Waals surface area contributed by atoms with E-state index >= 15 is 0 Å². The van der Waals surface area contributed by atoms with E-state index in [1.165, 1.54) is 14.1 Å². The van der Waals surface area contributed by atoms with E-state index in [-0.39, 0.29) is 5.48 Å². The Balaban J connectivity index is 0. The molecule has 0 radical (unpaired) electrons. The first-order valence-corrected chi connectivity index (χ1v) is 1.55. The fraction of sp³-hybridized carbons (Fsp3) is 0.667. The van der Waals surface area contributed by atoms with Crippen molar-refractivity contribution in [3.05, 3.63) is 0 Å². The van der Waals surface area contributed by atoms with Crippen LogP contribution in [0.25, 0.3) is 0 Å². The number of hydrogen-bond acceptors (Lipinski definition) is 1. The highest BCUT2D eigenvalue weighted by Crippen LogP contribution is 1.69. The smallest absolute Gasteiger partial charge is 0.406 e. The van der Waals surface area contributed by atoms with E-state index in [4.69, 9.17) is 5.11 Å². The van der Waals surface area contributed by atoms with Crippen LogP contribution in [-0.2, 0) is 0 Å². The molecule has 44 valence electrons. The van der Waals surface area contributed by atoms with Crippen LogP contribution >= 0.6 is 0 Å². The highest BCUT2D eigenvalue weighted by molar-refractivity contribution is 5.63. The lowest BCUT2D eigenvalue weighted by Crippen LogP contribution is -2.18. The molecule has 0 aromatic carbocycles. The fourth-order valence-electron chi connectivity index (χ4n) is 0. The second kappa shape index (κ2) is 3.42. The fourth-order valence-corrected chi connectivity index (χ4v) is 0. The first-order chi connectivity index (χ1) is 2.64. The molecular formula is C3H9NO3. The highest BCUT2D eigenvalue weighted by Gasteiger charge is 1.91. The number of carboxylic acid groups (broad SMARTS) is 1. The van der Waals surface area contributed by atoms with Crippen molar-refractivity contribution >= 4 is 6.09 Å². The van der Waals surface area contributed by atoms with Gasteiger partial charge in [-0.1, -0.05) is 0 Å². The van der Waals surface area contributed by atoms with Crippen molar-refractivity contribution in [1.29, 1.82) is 0 Å². The van der Waals surface area contributed by atoms with Gasteiger partial charge in [0.2, 0.25) is 0 Å². The summed E-state index contributed by atoms with van der Waals surface area (Å²) in [4.78, 5) is 10.7. The van der Waals surface area contributed by atoms with E-state index in [2.05, 4.69) is 0 Å². The van der Waals surface area contributed by atoms with Crippen LogP contribution in [-0.4, -0.2) is 35.7 Å². The minimum atomic E-state index is -0.907. The second-order valence-electron chi connectivity index (χ2n) is 1.18. The van der Waals surface area contributed by atoms with Crippen molar-refractivity contribution in [3.63, 3.8) is 0 Å². The first kappa shape index (κ1) is 9.52. The van der Waals surface area contributed by atoms with E-state index in [0.29, 0.717) is 0 Å². The minimum Gasteiger partial charge on any atom is -0.465 e. The van der Waals surface area contributed by atoms with Gasteiger partial charge >= 0.3 is 6.09 Å². The van der Waals surface area contributed by atoms with E-state index < -0.39 is 6.09 Å². The third kappa shape index (κ3) is 5.23. The molecule has 0 saturated carbocycles. The molecule has 7 heavy (non-hydrogen) atoms. The van der Waals surface area contributed by atoms with Gasteiger partial charge in [-0.2, -0.15) is 0 Å². The molecule has 4 heteroatoms. The summed E-state index contributed by atoms with van der Waals surface area (Å²) < 4.78 is 0. The molecule has 1 amide bonds. The van der Waals surface area contributed by atoms with Gasteiger partial charge in [0.25, 0.3) is 0 Å². The normalized spacial score (nSPS) is 6.57. The minimum absolute atomic E-state index is 0. The molecule has 0 aliphatic carbocycles. The first-order valence-electron chi connectivity index (χ1n) is 1.55. The number of hydrogen-bond donors (Lipinski definition) is 1. The number of carbonyl (C=O) groups is 1. The van der Waals surface area contributed by atoms with Crippen molar-refractivity contribution in [3.8, 4) is 0 Å². The van der Waals surface area contributed by atoms with E-state index in [9.17, 15) is 4.79 Å². The molecular weight excluding hydrogens is 98.0 g/mol. The maximum Gasteiger partial charge on any atom is 0.406 e. The Morgan fingerprint density at radius 1 is 1.57 bits per heavy atom. The van der Waals surface area contributed by atoms with E-state index in [1.54, 1.807) is 0 Å². The third-order valence-corrected chi connectivity index (χ3v) is 0.383. The molecule has 0 bridgehead atoms. The third-order valence-electron chi connectivity index (χ3n) is 0.383. The van der Waals surface area contributed by atoms with Crippen LogP contribution in [0.1, 0.15) is 0 Å². The van der Waals surface area contributed by atoms with Crippen LogP contribution < -0.4 is 0 Å². The van der Waals surface area contributed by atoms with Crippen molar-refractivity contribution < 1.29 is 15.4 Å². The summed E-state index contributed by atoms with van der Waals surface area (Å²) in [5.41, 5.74) is 0. The monoisotopic (exact) mass is 107 g/mol. The summed E-state index contributed by atoms with van der Waals surface area (Å²) in [7, 11) is 2.95. The molecule has 0 aromatic heterocycles. The zero-order valence-electron chi connectivity index (χ0n) is 4.30. The van der Waals surface area contributed by atoms with Gasteiger partial charge in [0.15, 0.2) is 0 Å². The SMILES string of the molecule is CN(C)C(=O)O.O. The quantitative estimate of drug-likeness (QED) is 0.449. The van der Waals surface area contributed by atoms with Gasteiger partial charge in [0, 0.05) is 14.1 Å². The maximum atomic E-state index is 9.62.